The Morgan fingerprint density at radius 1 is 1.11 bits per heavy atom. The van der Waals surface area contributed by atoms with Gasteiger partial charge in [0.05, 0.1) is 17.2 Å². The zero-order chi connectivity index (χ0) is 18.2. The number of piperazine rings is 1. The largest absolute Gasteiger partial charge is 0.377 e. The van der Waals surface area contributed by atoms with Crippen molar-refractivity contribution in [1.29, 1.82) is 0 Å². The molecule has 1 amide bonds. The Hall–Kier alpha value is -1.98. The molecule has 5 nitrogen and oxygen atoms in total. The lowest BCUT2D eigenvalue weighted by molar-refractivity contribution is 0.0433. The summed E-state index contributed by atoms with van der Waals surface area (Å²) in [6, 6.07) is 8.11. The third kappa shape index (κ3) is 3.23. The molecule has 142 valence electrons. The SMILES string of the molecule is O=C(c1c2c(nc3ccccc13)CCC2)N1CCN(CC2CCCO2)CC1. The number of ether oxygens (including phenoxy) is 1. The number of rotatable bonds is 3. The number of nitrogens with zero attached hydrogens (tertiary/aromatic N) is 3. The van der Waals surface area contributed by atoms with Crippen LogP contribution in [0.1, 0.15) is 40.9 Å². The van der Waals surface area contributed by atoms with Crippen LogP contribution in [-0.2, 0) is 17.6 Å². The summed E-state index contributed by atoms with van der Waals surface area (Å²) >= 11 is 0. The van der Waals surface area contributed by atoms with Crippen LogP contribution in [0.15, 0.2) is 24.3 Å². The Morgan fingerprint density at radius 2 is 1.96 bits per heavy atom. The molecule has 1 aromatic carbocycles. The molecule has 1 unspecified atom stereocenters. The summed E-state index contributed by atoms with van der Waals surface area (Å²) in [5.74, 6) is 0.198. The fourth-order valence-corrected chi connectivity index (χ4v) is 4.82. The molecule has 27 heavy (non-hydrogen) atoms. The molecule has 2 saturated heterocycles. The van der Waals surface area contributed by atoms with Gasteiger partial charge in [-0.15, -0.1) is 0 Å². The van der Waals surface area contributed by atoms with Crippen molar-refractivity contribution in [1.82, 2.24) is 14.8 Å². The molecule has 1 aromatic heterocycles. The van der Waals surface area contributed by atoms with E-state index in [4.69, 9.17) is 9.72 Å². The number of hydrogen-bond acceptors (Lipinski definition) is 4. The van der Waals surface area contributed by atoms with Crippen LogP contribution in [0.25, 0.3) is 10.9 Å². The van der Waals surface area contributed by atoms with Gasteiger partial charge in [0.1, 0.15) is 0 Å². The zero-order valence-electron chi connectivity index (χ0n) is 15.8. The van der Waals surface area contributed by atoms with Crippen molar-refractivity contribution >= 4 is 16.8 Å². The maximum absolute atomic E-state index is 13.5. The fourth-order valence-electron chi connectivity index (χ4n) is 4.82. The lowest BCUT2D eigenvalue weighted by Gasteiger charge is -2.36. The van der Waals surface area contributed by atoms with Crippen LogP contribution in [0.2, 0.25) is 0 Å². The number of hydrogen-bond donors (Lipinski definition) is 0. The second kappa shape index (κ2) is 7.21. The number of aromatic nitrogens is 1. The summed E-state index contributed by atoms with van der Waals surface area (Å²) in [5, 5.41) is 1.02. The van der Waals surface area contributed by atoms with E-state index < -0.39 is 0 Å². The molecular formula is C22H27N3O2. The number of carbonyl (C=O) groups excluding carboxylic acids is 1. The van der Waals surface area contributed by atoms with Gasteiger partial charge in [-0.3, -0.25) is 14.7 Å². The van der Waals surface area contributed by atoms with Gasteiger partial charge in [0.25, 0.3) is 5.91 Å². The molecule has 5 heteroatoms. The van der Waals surface area contributed by atoms with E-state index in [2.05, 4.69) is 11.0 Å². The van der Waals surface area contributed by atoms with Crippen molar-refractivity contribution in [2.75, 3.05) is 39.3 Å². The minimum absolute atomic E-state index is 0.198. The monoisotopic (exact) mass is 365 g/mol. The van der Waals surface area contributed by atoms with Gasteiger partial charge in [-0.05, 0) is 43.7 Å². The van der Waals surface area contributed by atoms with Crippen molar-refractivity contribution in [2.45, 2.75) is 38.2 Å². The van der Waals surface area contributed by atoms with Crippen molar-refractivity contribution in [3.63, 3.8) is 0 Å². The average Bonchev–Trinajstić information content (AvgIpc) is 3.38. The fraction of sp³-hybridized carbons (Fsp3) is 0.545. The van der Waals surface area contributed by atoms with Crippen molar-refractivity contribution in [3.05, 3.63) is 41.1 Å². The van der Waals surface area contributed by atoms with E-state index in [9.17, 15) is 4.79 Å². The predicted octanol–water partition coefficient (Wildman–Crippen LogP) is 2.66. The topological polar surface area (TPSA) is 45.7 Å². The minimum Gasteiger partial charge on any atom is -0.377 e. The van der Waals surface area contributed by atoms with Gasteiger partial charge < -0.3 is 9.64 Å². The number of amides is 1. The smallest absolute Gasteiger partial charge is 0.254 e. The first-order chi connectivity index (χ1) is 13.3. The first-order valence-electron chi connectivity index (χ1n) is 10.3. The molecule has 0 radical (unpaired) electrons. The number of fused-ring (bicyclic) bond motifs is 2. The number of para-hydroxylation sites is 1. The van der Waals surface area contributed by atoms with Crippen molar-refractivity contribution < 1.29 is 9.53 Å². The minimum atomic E-state index is 0.198. The quantitative estimate of drug-likeness (QED) is 0.839. The first kappa shape index (κ1) is 17.1. The normalized spacial score (nSPS) is 23.1. The molecule has 0 bridgehead atoms. The van der Waals surface area contributed by atoms with Crippen molar-refractivity contribution in [3.8, 4) is 0 Å². The molecule has 3 aliphatic rings. The summed E-state index contributed by atoms with van der Waals surface area (Å²) in [5.41, 5.74) is 4.20. The van der Waals surface area contributed by atoms with Crippen LogP contribution in [0.5, 0.6) is 0 Å². The number of carbonyl (C=O) groups is 1. The van der Waals surface area contributed by atoms with Gasteiger partial charge in [0.2, 0.25) is 0 Å². The van der Waals surface area contributed by atoms with E-state index in [1.807, 2.05) is 23.1 Å². The summed E-state index contributed by atoms with van der Waals surface area (Å²) in [4.78, 5) is 22.8. The van der Waals surface area contributed by atoms with Gasteiger partial charge in [-0.25, -0.2) is 0 Å². The van der Waals surface area contributed by atoms with Crippen LogP contribution in [0, 0.1) is 0 Å². The van der Waals surface area contributed by atoms with E-state index in [1.165, 1.54) is 18.4 Å². The van der Waals surface area contributed by atoms with E-state index >= 15 is 0 Å². The maximum Gasteiger partial charge on any atom is 0.254 e. The van der Waals surface area contributed by atoms with Gasteiger partial charge in [-0.2, -0.15) is 0 Å². The van der Waals surface area contributed by atoms with Crippen molar-refractivity contribution in [2.24, 2.45) is 0 Å². The molecule has 0 spiro atoms. The summed E-state index contributed by atoms with van der Waals surface area (Å²) in [7, 11) is 0. The average molecular weight is 365 g/mol. The Labute approximate surface area is 160 Å². The predicted molar refractivity (Wildman–Crippen MR) is 105 cm³/mol. The lowest BCUT2D eigenvalue weighted by atomic mass is 9.99. The Morgan fingerprint density at radius 3 is 2.78 bits per heavy atom. The lowest BCUT2D eigenvalue weighted by Crippen LogP contribution is -2.50. The van der Waals surface area contributed by atoms with Gasteiger partial charge in [-0.1, -0.05) is 18.2 Å². The zero-order valence-corrected chi connectivity index (χ0v) is 15.8. The van der Waals surface area contributed by atoms with E-state index in [0.29, 0.717) is 6.10 Å². The van der Waals surface area contributed by atoms with Crippen LogP contribution in [0.3, 0.4) is 0 Å². The third-order valence-corrected chi connectivity index (χ3v) is 6.28. The summed E-state index contributed by atoms with van der Waals surface area (Å²) in [6.07, 6.45) is 5.83. The number of benzene rings is 1. The molecule has 0 saturated carbocycles. The molecule has 2 aliphatic heterocycles. The summed E-state index contributed by atoms with van der Waals surface area (Å²) in [6.45, 7) is 5.40. The van der Waals surface area contributed by atoms with Gasteiger partial charge in [0.15, 0.2) is 0 Å². The standard InChI is InChI=1S/C22H27N3O2/c26-22(25-12-10-24(11-13-25)15-16-5-4-14-27-16)21-17-6-1-2-8-19(17)23-20-9-3-7-18(20)21/h1-2,6,8,16H,3-5,7,9-15H2. The van der Waals surface area contributed by atoms with E-state index in [1.54, 1.807) is 0 Å². The van der Waals surface area contributed by atoms with E-state index in [-0.39, 0.29) is 5.91 Å². The highest BCUT2D eigenvalue weighted by molar-refractivity contribution is 6.07. The molecule has 1 aliphatic carbocycles. The molecule has 1 atom stereocenters. The second-order valence-electron chi connectivity index (χ2n) is 8.01. The maximum atomic E-state index is 13.5. The number of pyridine rings is 1. The highest BCUT2D eigenvalue weighted by Crippen LogP contribution is 2.31. The molecule has 2 fully saturated rings. The van der Waals surface area contributed by atoms with Crippen LogP contribution < -0.4 is 0 Å². The Bertz CT molecular complexity index is 852. The highest BCUT2D eigenvalue weighted by atomic mass is 16.5. The van der Waals surface area contributed by atoms with Crippen LogP contribution in [-0.4, -0.2) is 66.1 Å². The van der Waals surface area contributed by atoms with Crippen LogP contribution >= 0.6 is 0 Å². The first-order valence-corrected chi connectivity index (χ1v) is 10.3. The Balaban J connectivity index is 1.36. The van der Waals surface area contributed by atoms with E-state index in [0.717, 1.165) is 80.8 Å². The molecular weight excluding hydrogens is 338 g/mol. The van der Waals surface area contributed by atoms with Gasteiger partial charge in [0, 0.05) is 50.4 Å². The molecule has 2 aromatic rings. The Kier molecular flexibility index (Phi) is 4.58. The molecule has 5 rings (SSSR count). The summed E-state index contributed by atoms with van der Waals surface area (Å²) < 4.78 is 5.77. The van der Waals surface area contributed by atoms with Crippen LogP contribution in [0.4, 0.5) is 0 Å². The third-order valence-electron chi connectivity index (χ3n) is 6.28. The van der Waals surface area contributed by atoms with Gasteiger partial charge >= 0.3 is 0 Å². The molecule has 3 heterocycles. The number of aryl methyl sites for hydroxylation is 1. The second-order valence-corrected chi connectivity index (χ2v) is 8.01. The highest BCUT2D eigenvalue weighted by Gasteiger charge is 2.29. The molecule has 0 N–H and O–H groups in total.